The Labute approximate surface area is 362 Å². The van der Waals surface area contributed by atoms with E-state index in [0.717, 1.165) is 79.8 Å². The number of nitrogens with one attached hydrogen (secondary N) is 2. The van der Waals surface area contributed by atoms with Crippen molar-refractivity contribution in [2.45, 2.75) is 82.2 Å². The Hall–Kier alpha value is -5.26. The van der Waals surface area contributed by atoms with E-state index in [4.69, 9.17) is 4.74 Å². The lowest BCUT2D eigenvalue weighted by atomic mass is 9.83. The molecule has 0 spiro atoms. The van der Waals surface area contributed by atoms with Gasteiger partial charge in [-0.3, -0.25) is 39.5 Å². The van der Waals surface area contributed by atoms with Crippen molar-refractivity contribution in [1.82, 2.24) is 35.1 Å². The number of hydrogen-bond acceptors (Lipinski definition) is 10. The molecular formula is C46H51F4N9O4. The van der Waals surface area contributed by atoms with Gasteiger partial charge in [-0.25, -0.2) is 17.6 Å². The number of aromatic amines is 1. The molecule has 4 fully saturated rings. The monoisotopic (exact) mass is 869 g/mol. The number of piperazine rings is 1. The topological polar surface area (TPSA) is 121 Å². The van der Waals surface area contributed by atoms with Gasteiger partial charge in [-0.2, -0.15) is 5.10 Å². The molecule has 4 atom stereocenters. The number of carbonyl (C=O) groups excluding carboxylic acids is 3. The molecule has 0 bridgehead atoms. The van der Waals surface area contributed by atoms with E-state index in [1.807, 2.05) is 17.9 Å². The van der Waals surface area contributed by atoms with Crippen LogP contribution in [-0.2, 0) is 22.6 Å². The molecule has 3 amide bonds. The molecule has 4 saturated heterocycles. The van der Waals surface area contributed by atoms with Crippen molar-refractivity contribution in [2.24, 2.45) is 5.92 Å². The largest absolute Gasteiger partial charge is 0.489 e. The van der Waals surface area contributed by atoms with Gasteiger partial charge in [-0.15, -0.1) is 0 Å². The molecule has 13 nitrogen and oxygen atoms in total. The summed E-state index contributed by atoms with van der Waals surface area (Å²) in [6.45, 7) is 9.06. The number of ether oxygens (including phenoxy) is 1. The first-order valence-electron chi connectivity index (χ1n) is 22.4. The number of imide groups is 1. The highest BCUT2D eigenvalue weighted by atomic mass is 19.3. The summed E-state index contributed by atoms with van der Waals surface area (Å²) in [5.41, 5.74) is 5.01. The Kier molecular flexibility index (Phi) is 10.1. The number of hydrogen-bond donors (Lipinski definition) is 2. The van der Waals surface area contributed by atoms with Gasteiger partial charge in [-0.1, -0.05) is 6.07 Å². The second-order valence-corrected chi connectivity index (χ2v) is 18.7. The summed E-state index contributed by atoms with van der Waals surface area (Å²) in [6.07, 6.45) is 1.85. The van der Waals surface area contributed by atoms with Crippen LogP contribution in [0.1, 0.15) is 71.3 Å². The van der Waals surface area contributed by atoms with Gasteiger partial charge in [0.2, 0.25) is 11.8 Å². The molecule has 8 heterocycles. The third kappa shape index (κ3) is 7.10. The zero-order valence-corrected chi connectivity index (χ0v) is 35.2. The summed E-state index contributed by atoms with van der Waals surface area (Å²) in [5, 5.41) is 10.3. The number of halogens is 4. The summed E-state index contributed by atoms with van der Waals surface area (Å²) in [5.74, 6) is -1.21. The molecule has 7 aliphatic rings. The van der Waals surface area contributed by atoms with Gasteiger partial charge in [0.05, 0.1) is 36.0 Å². The van der Waals surface area contributed by atoms with Crippen LogP contribution in [0, 0.1) is 17.6 Å². The number of H-pyrrole nitrogens is 1. The van der Waals surface area contributed by atoms with Crippen LogP contribution in [-0.4, -0.2) is 144 Å². The fourth-order valence-corrected chi connectivity index (χ4v) is 11.6. The first kappa shape index (κ1) is 40.5. The Balaban J connectivity index is 0.688. The summed E-state index contributed by atoms with van der Waals surface area (Å²) in [6, 6.07) is 8.85. The van der Waals surface area contributed by atoms with Crippen LogP contribution >= 0.6 is 0 Å². The van der Waals surface area contributed by atoms with Crippen LogP contribution in [0.15, 0.2) is 42.6 Å². The van der Waals surface area contributed by atoms with E-state index in [9.17, 15) is 23.2 Å². The standard InChI is InChI=1S/C46H51F4N9O4/c1-25-12-33-31(2-3-37-34(33)17-51-53-37)44(58(25)23-41(49)50)43-35(47)14-28(15-36(43)48)55-8-6-26(7-9-55)18-54-20-29(21-54)56-10-11-57-30(22-56)24-63-40-16-32-27(13-39(40)57)19-59(46(32)62)38-4-5-42(60)52-45(38)61/h2-3,13-17,25-26,29-30,38,41,44H,4-12,18-24H2,1H3,(H,51,53)(H,52,60,61)/t25-,30+,38?,44+/m1/s1. The first-order chi connectivity index (χ1) is 30.5. The number of piperidine rings is 2. The molecule has 11 rings (SSSR count). The first-order valence-corrected chi connectivity index (χ1v) is 22.4. The minimum atomic E-state index is -2.66. The van der Waals surface area contributed by atoms with Crippen molar-refractivity contribution >= 4 is 40.0 Å². The minimum Gasteiger partial charge on any atom is -0.489 e. The zero-order chi connectivity index (χ0) is 43.3. The Morgan fingerprint density at radius 3 is 2.48 bits per heavy atom. The maximum atomic E-state index is 16.3. The highest BCUT2D eigenvalue weighted by molar-refractivity contribution is 6.06. The number of amides is 3. The van der Waals surface area contributed by atoms with Crippen LogP contribution in [0.3, 0.4) is 0 Å². The number of likely N-dealkylation sites (tertiary alicyclic amines) is 1. The average molecular weight is 870 g/mol. The van der Waals surface area contributed by atoms with Crippen LogP contribution in [0.2, 0.25) is 0 Å². The number of rotatable bonds is 8. The lowest BCUT2D eigenvalue weighted by Crippen LogP contribution is -2.66. The molecule has 1 aromatic heterocycles. The molecule has 4 aromatic rings. The normalized spacial score (nSPS) is 26.1. The van der Waals surface area contributed by atoms with Crippen LogP contribution in [0.25, 0.3) is 10.9 Å². The summed E-state index contributed by atoms with van der Waals surface area (Å²) in [7, 11) is 0. The number of nitrogens with zero attached hydrogens (tertiary/aromatic N) is 7. The smallest absolute Gasteiger partial charge is 0.255 e. The SMILES string of the molecule is C[C@@H]1Cc2c(ccc3[nH]ncc23)[C@@H](c2c(F)cc(N3CCC(CN4CC(N5CCN6c7cc8c(cc7OC[C@@H]6C5)C(=O)N(C5CCC(=O)NC5=O)C8)C4)CC3)cc2F)N1CC(F)F. The van der Waals surface area contributed by atoms with E-state index in [1.165, 1.54) is 17.0 Å². The quantitative estimate of drug-likeness (QED) is 0.191. The lowest BCUT2D eigenvalue weighted by molar-refractivity contribution is -0.136. The van der Waals surface area contributed by atoms with Crippen LogP contribution in [0.4, 0.5) is 28.9 Å². The molecule has 3 aromatic carbocycles. The van der Waals surface area contributed by atoms with Crippen molar-refractivity contribution in [2.75, 3.05) is 75.3 Å². The van der Waals surface area contributed by atoms with Crippen molar-refractivity contribution in [3.63, 3.8) is 0 Å². The van der Waals surface area contributed by atoms with Gasteiger partial charge >= 0.3 is 0 Å². The molecule has 2 N–H and O–H groups in total. The number of aromatic nitrogens is 2. The van der Waals surface area contributed by atoms with Crippen LogP contribution < -0.4 is 19.9 Å². The minimum absolute atomic E-state index is 0.182. The van der Waals surface area contributed by atoms with E-state index < -0.39 is 42.6 Å². The van der Waals surface area contributed by atoms with Gasteiger partial charge in [0.25, 0.3) is 12.3 Å². The maximum absolute atomic E-state index is 16.3. The molecule has 63 heavy (non-hydrogen) atoms. The van der Waals surface area contributed by atoms with Crippen molar-refractivity contribution in [3.05, 3.63) is 82.0 Å². The molecular weight excluding hydrogens is 819 g/mol. The number of carbonyl (C=O) groups is 3. The fraction of sp³-hybridized carbons (Fsp3) is 0.522. The van der Waals surface area contributed by atoms with E-state index in [0.29, 0.717) is 73.6 Å². The van der Waals surface area contributed by atoms with E-state index in [1.54, 1.807) is 23.2 Å². The zero-order valence-electron chi connectivity index (χ0n) is 35.2. The predicted octanol–water partition coefficient (Wildman–Crippen LogP) is 4.69. The number of benzene rings is 3. The molecule has 332 valence electrons. The Morgan fingerprint density at radius 1 is 0.921 bits per heavy atom. The molecule has 17 heteroatoms. The lowest BCUT2D eigenvalue weighted by Gasteiger charge is -2.52. The Morgan fingerprint density at radius 2 is 1.71 bits per heavy atom. The van der Waals surface area contributed by atoms with Gasteiger partial charge in [0.1, 0.15) is 30.0 Å². The molecule has 7 aliphatic heterocycles. The molecule has 0 aliphatic carbocycles. The average Bonchev–Trinajstić information content (AvgIpc) is 3.86. The van der Waals surface area contributed by atoms with E-state index in [-0.39, 0.29) is 35.9 Å². The molecule has 0 saturated carbocycles. The van der Waals surface area contributed by atoms with Crippen molar-refractivity contribution < 1.29 is 36.7 Å². The number of anilines is 2. The highest BCUT2D eigenvalue weighted by Crippen LogP contribution is 2.44. The third-order valence-corrected chi connectivity index (χ3v) is 15.0. The number of fused-ring (bicyclic) bond motifs is 7. The van der Waals surface area contributed by atoms with Gasteiger partial charge in [0.15, 0.2) is 0 Å². The second kappa shape index (κ2) is 15.8. The summed E-state index contributed by atoms with van der Waals surface area (Å²) < 4.78 is 66.7. The molecule has 1 unspecified atom stereocenters. The van der Waals surface area contributed by atoms with Gasteiger partial charge in [-0.05, 0) is 85.5 Å². The third-order valence-electron chi connectivity index (χ3n) is 15.0. The van der Waals surface area contributed by atoms with E-state index >= 15 is 8.78 Å². The van der Waals surface area contributed by atoms with Crippen molar-refractivity contribution in [1.29, 1.82) is 0 Å². The highest BCUT2D eigenvalue weighted by Gasteiger charge is 2.44. The Bertz CT molecular complexity index is 2470. The second-order valence-electron chi connectivity index (χ2n) is 18.7. The molecule has 0 radical (unpaired) electrons. The number of alkyl halides is 2. The summed E-state index contributed by atoms with van der Waals surface area (Å²) in [4.78, 5) is 50.3. The summed E-state index contributed by atoms with van der Waals surface area (Å²) >= 11 is 0. The van der Waals surface area contributed by atoms with Gasteiger partial charge in [0, 0.05) is 99.6 Å². The van der Waals surface area contributed by atoms with Crippen molar-refractivity contribution in [3.8, 4) is 5.75 Å². The van der Waals surface area contributed by atoms with Crippen LogP contribution in [0.5, 0.6) is 5.75 Å². The van der Waals surface area contributed by atoms with Gasteiger partial charge < -0.3 is 19.4 Å². The predicted molar refractivity (Wildman–Crippen MR) is 226 cm³/mol. The fourth-order valence-electron chi connectivity index (χ4n) is 11.6. The van der Waals surface area contributed by atoms with E-state index in [2.05, 4.69) is 36.3 Å². The maximum Gasteiger partial charge on any atom is 0.255 e.